The van der Waals surface area contributed by atoms with Crippen molar-refractivity contribution < 1.29 is 14.6 Å². The second-order valence-corrected chi connectivity index (χ2v) is 7.19. The van der Waals surface area contributed by atoms with E-state index in [0.717, 1.165) is 16.5 Å². The molecular weight excluding hydrogens is 390 g/mol. The molecule has 2 heterocycles. The van der Waals surface area contributed by atoms with Gasteiger partial charge in [-0.2, -0.15) is 4.68 Å². The lowest BCUT2D eigenvalue weighted by atomic mass is 10.0. The number of phenolic OH excluding ortho intramolecular Hbond substituents is 1. The number of hydrogen-bond donors (Lipinski definition) is 1. The molecule has 0 aliphatic rings. The Kier molecular flexibility index (Phi) is 5.13. The van der Waals surface area contributed by atoms with Gasteiger partial charge in [-0.25, -0.2) is 4.79 Å². The van der Waals surface area contributed by atoms with E-state index in [0.29, 0.717) is 27.9 Å². The number of esters is 1. The summed E-state index contributed by atoms with van der Waals surface area (Å²) in [4.78, 5) is 17.1. The molecule has 0 radical (unpaired) electrons. The van der Waals surface area contributed by atoms with E-state index >= 15 is 0 Å². The summed E-state index contributed by atoms with van der Waals surface area (Å²) in [5, 5.41) is 22.7. The van der Waals surface area contributed by atoms with E-state index in [9.17, 15) is 9.90 Å². The van der Waals surface area contributed by atoms with Gasteiger partial charge in [-0.1, -0.05) is 30.0 Å². The van der Waals surface area contributed by atoms with Crippen molar-refractivity contribution in [2.24, 2.45) is 0 Å². The molecule has 0 saturated heterocycles. The minimum Gasteiger partial charge on any atom is -0.508 e. The number of benzene rings is 2. The largest absolute Gasteiger partial charge is 0.508 e. The molecule has 146 valence electrons. The number of aromatic nitrogens is 5. The number of aryl methyl sites for hydroxylation is 1. The fourth-order valence-corrected chi connectivity index (χ4v) is 3.91. The van der Waals surface area contributed by atoms with Crippen molar-refractivity contribution in [1.29, 1.82) is 0 Å². The normalized spacial score (nSPS) is 11.0. The fourth-order valence-electron chi connectivity index (χ4n) is 3.08. The molecule has 4 aromatic rings. The van der Waals surface area contributed by atoms with Crippen molar-refractivity contribution in [3.63, 3.8) is 0 Å². The molecular formula is C20H17N5O3S. The summed E-state index contributed by atoms with van der Waals surface area (Å²) in [6.45, 7) is 1.89. The van der Waals surface area contributed by atoms with E-state index < -0.39 is 5.97 Å². The van der Waals surface area contributed by atoms with Crippen LogP contribution in [0.2, 0.25) is 0 Å². The summed E-state index contributed by atoms with van der Waals surface area (Å²) in [7, 11) is 1.36. The van der Waals surface area contributed by atoms with Crippen molar-refractivity contribution in [2.75, 3.05) is 7.11 Å². The summed E-state index contributed by atoms with van der Waals surface area (Å²) in [6, 6.07) is 14.2. The van der Waals surface area contributed by atoms with E-state index in [-0.39, 0.29) is 5.75 Å². The zero-order chi connectivity index (χ0) is 20.4. The van der Waals surface area contributed by atoms with Gasteiger partial charge >= 0.3 is 5.97 Å². The smallest absolute Gasteiger partial charge is 0.340 e. The SMILES string of the molecule is COC(=O)c1c(CSc2nnnn2-c2ccc(O)cc2)nc2ccccc2c1C. The second-order valence-electron chi connectivity index (χ2n) is 6.25. The first-order valence-corrected chi connectivity index (χ1v) is 9.74. The first-order valence-electron chi connectivity index (χ1n) is 8.75. The molecule has 0 saturated carbocycles. The minimum absolute atomic E-state index is 0.162. The first kappa shape index (κ1) is 18.9. The molecule has 0 fully saturated rings. The Labute approximate surface area is 170 Å². The van der Waals surface area contributed by atoms with Gasteiger partial charge < -0.3 is 9.84 Å². The van der Waals surface area contributed by atoms with E-state index in [1.54, 1.807) is 28.9 Å². The van der Waals surface area contributed by atoms with Gasteiger partial charge in [0, 0.05) is 11.1 Å². The molecule has 4 rings (SSSR count). The van der Waals surface area contributed by atoms with Crippen LogP contribution in [0.3, 0.4) is 0 Å². The molecule has 0 spiro atoms. The van der Waals surface area contributed by atoms with Crippen LogP contribution in [0.15, 0.2) is 53.7 Å². The number of fused-ring (bicyclic) bond motifs is 1. The second kappa shape index (κ2) is 7.88. The molecule has 0 unspecified atom stereocenters. The topological polar surface area (TPSA) is 103 Å². The van der Waals surface area contributed by atoms with Crippen LogP contribution in [-0.2, 0) is 10.5 Å². The highest BCUT2D eigenvalue weighted by atomic mass is 32.2. The molecule has 0 aliphatic carbocycles. The fraction of sp³-hybridized carbons (Fsp3) is 0.150. The van der Waals surface area contributed by atoms with Crippen molar-refractivity contribution in [2.45, 2.75) is 17.8 Å². The molecule has 2 aromatic heterocycles. The monoisotopic (exact) mass is 407 g/mol. The zero-order valence-electron chi connectivity index (χ0n) is 15.7. The quantitative estimate of drug-likeness (QED) is 0.397. The molecule has 1 N–H and O–H groups in total. The van der Waals surface area contributed by atoms with Crippen LogP contribution in [0.25, 0.3) is 16.6 Å². The Morgan fingerprint density at radius 3 is 2.69 bits per heavy atom. The number of para-hydroxylation sites is 1. The summed E-state index contributed by atoms with van der Waals surface area (Å²) in [6.07, 6.45) is 0. The number of thioether (sulfide) groups is 1. The van der Waals surface area contributed by atoms with Crippen LogP contribution >= 0.6 is 11.8 Å². The van der Waals surface area contributed by atoms with Crippen molar-refractivity contribution in [3.05, 3.63) is 65.4 Å². The lowest BCUT2D eigenvalue weighted by molar-refractivity contribution is 0.0598. The van der Waals surface area contributed by atoms with Gasteiger partial charge in [0.25, 0.3) is 0 Å². The van der Waals surface area contributed by atoms with Gasteiger partial charge in [0.05, 0.1) is 29.6 Å². The van der Waals surface area contributed by atoms with Crippen molar-refractivity contribution in [3.8, 4) is 11.4 Å². The maximum absolute atomic E-state index is 12.4. The highest BCUT2D eigenvalue weighted by Crippen LogP contribution is 2.29. The number of nitrogens with zero attached hydrogens (tertiary/aromatic N) is 5. The van der Waals surface area contributed by atoms with E-state index in [1.807, 2.05) is 31.2 Å². The van der Waals surface area contributed by atoms with Gasteiger partial charge in [-0.3, -0.25) is 4.98 Å². The number of phenols is 1. The Morgan fingerprint density at radius 1 is 1.17 bits per heavy atom. The number of pyridine rings is 1. The molecule has 29 heavy (non-hydrogen) atoms. The van der Waals surface area contributed by atoms with E-state index in [4.69, 9.17) is 4.74 Å². The number of methoxy groups -OCH3 is 1. The van der Waals surface area contributed by atoms with Crippen LogP contribution in [-0.4, -0.2) is 43.4 Å². The zero-order valence-corrected chi connectivity index (χ0v) is 16.6. The number of aromatic hydroxyl groups is 1. The third-order valence-corrected chi connectivity index (χ3v) is 5.42. The maximum Gasteiger partial charge on any atom is 0.340 e. The van der Waals surface area contributed by atoms with Gasteiger partial charge in [0.15, 0.2) is 0 Å². The summed E-state index contributed by atoms with van der Waals surface area (Å²) < 4.78 is 6.56. The maximum atomic E-state index is 12.4. The molecule has 0 aliphatic heterocycles. The predicted molar refractivity (Wildman–Crippen MR) is 108 cm³/mol. The van der Waals surface area contributed by atoms with Crippen LogP contribution < -0.4 is 0 Å². The van der Waals surface area contributed by atoms with E-state index in [1.165, 1.54) is 18.9 Å². The van der Waals surface area contributed by atoms with Crippen molar-refractivity contribution in [1.82, 2.24) is 25.2 Å². The lowest BCUT2D eigenvalue weighted by Gasteiger charge is -2.13. The van der Waals surface area contributed by atoms with Crippen LogP contribution in [0.1, 0.15) is 21.6 Å². The summed E-state index contributed by atoms with van der Waals surface area (Å²) in [5.41, 5.74) is 3.43. The Morgan fingerprint density at radius 2 is 1.93 bits per heavy atom. The molecule has 0 bridgehead atoms. The molecule has 0 atom stereocenters. The molecule has 8 nitrogen and oxygen atoms in total. The summed E-state index contributed by atoms with van der Waals surface area (Å²) in [5.74, 6) is 0.123. The van der Waals surface area contributed by atoms with Crippen LogP contribution in [0.4, 0.5) is 0 Å². The number of carbonyl (C=O) groups is 1. The third-order valence-electron chi connectivity index (χ3n) is 4.49. The average molecular weight is 407 g/mol. The molecule has 9 heteroatoms. The predicted octanol–water partition coefficient (Wildman–Crippen LogP) is 3.30. The number of rotatable bonds is 5. The average Bonchev–Trinajstić information content (AvgIpc) is 3.21. The minimum atomic E-state index is -0.422. The van der Waals surface area contributed by atoms with Gasteiger partial charge in [0.2, 0.25) is 5.16 Å². The van der Waals surface area contributed by atoms with Gasteiger partial charge in [-0.05, 0) is 53.2 Å². The Bertz CT molecular complexity index is 1190. The van der Waals surface area contributed by atoms with Crippen molar-refractivity contribution >= 4 is 28.6 Å². The van der Waals surface area contributed by atoms with E-state index in [2.05, 4.69) is 20.5 Å². The number of tetrazole rings is 1. The number of ether oxygens (including phenoxy) is 1. The Balaban J connectivity index is 1.70. The molecule has 0 amide bonds. The number of hydrogen-bond acceptors (Lipinski definition) is 8. The first-order chi connectivity index (χ1) is 14.1. The lowest BCUT2D eigenvalue weighted by Crippen LogP contribution is -2.10. The highest BCUT2D eigenvalue weighted by Gasteiger charge is 2.20. The van der Waals surface area contributed by atoms with Crippen LogP contribution in [0, 0.1) is 6.92 Å². The molecule has 2 aromatic carbocycles. The standard InChI is InChI=1S/C20H17N5O3S/c1-12-15-5-3-4-6-16(15)21-17(18(12)19(27)28-2)11-29-20-22-23-24-25(20)13-7-9-14(26)10-8-13/h3-10,26H,11H2,1-2H3. The number of carbonyl (C=O) groups excluding carboxylic acids is 1. The van der Waals surface area contributed by atoms with Gasteiger partial charge in [0.1, 0.15) is 5.75 Å². The highest BCUT2D eigenvalue weighted by molar-refractivity contribution is 7.98. The van der Waals surface area contributed by atoms with Crippen LogP contribution in [0.5, 0.6) is 5.75 Å². The summed E-state index contributed by atoms with van der Waals surface area (Å²) >= 11 is 1.36. The third kappa shape index (κ3) is 3.64. The van der Waals surface area contributed by atoms with Gasteiger partial charge in [-0.15, -0.1) is 5.10 Å². The Hall–Kier alpha value is -3.46.